The Labute approximate surface area is 156 Å². The van der Waals surface area contributed by atoms with Crippen molar-refractivity contribution in [3.63, 3.8) is 0 Å². The van der Waals surface area contributed by atoms with Crippen LogP contribution in [0.5, 0.6) is 23.0 Å². The first-order valence-electron chi connectivity index (χ1n) is 8.42. The lowest BCUT2D eigenvalue weighted by molar-refractivity contribution is 0.174. The largest absolute Gasteiger partial charge is 0.490 e. The van der Waals surface area contributed by atoms with E-state index in [9.17, 15) is 0 Å². The molecule has 1 aliphatic rings. The summed E-state index contributed by atoms with van der Waals surface area (Å²) in [4.78, 5) is 0. The molecule has 25 heavy (non-hydrogen) atoms. The minimum Gasteiger partial charge on any atom is -0.490 e. The van der Waals surface area contributed by atoms with Crippen LogP contribution in [-0.4, -0.2) is 20.0 Å². The zero-order chi connectivity index (χ0) is 17.6. The van der Waals surface area contributed by atoms with Crippen molar-refractivity contribution in [2.24, 2.45) is 0 Å². The van der Waals surface area contributed by atoms with Gasteiger partial charge in [-0.1, -0.05) is 22.9 Å². The first-order valence-corrected chi connectivity index (χ1v) is 9.22. The van der Waals surface area contributed by atoms with Gasteiger partial charge in [0.2, 0.25) is 6.79 Å². The molecule has 5 nitrogen and oxygen atoms in total. The monoisotopic (exact) mass is 407 g/mol. The van der Waals surface area contributed by atoms with E-state index in [0.29, 0.717) is 19.8 Å². The fourth-order valence-electron chi connectivity index (χ4n) is 2.51. The van der Waals surface area contributed by atoms with Gasteiger partial charge in [-0.05, 0) is 43.2 Å². The molecule has 3 rings (SSSR count). The van der Waals surface area contributed by atoms with Crippen molar-refractivity contribution in [2.75, 3.05) is 25.3 Å². The molecule has 0 amide bonds. The molecule has 1 heterocycles. The van der Waals surface area contributed by atoms with Gasteiger partial charge in [0.05, 0.1) is 13.2 Å². The minimum atomic E-state index is 0.279. The smallest absolute Gasteiger partial charge is 0.231 e. The van der Waals surface area contributed by atoms with Gasteiger partial charge in [-0.3, -0.25) is 0 Å². The highest BCUT2D eigenvalue weighted by molar-refractivity contribution is 9.10. The van der Waals surface area contributed by atoms with Crippen LogP contribution >= 0.6 is 15.9 Å². The molecule has 0 atom stereocenters. The van der Waals surface area contributed by atoms with Gasteiger partial charge in [-0.25, -0.2) is 0 Å². The number of rotatable bonds is 8. The van der Waals surface area contributed by atoms with E-state index < -0.39 is 0 Å². The maximum absolute atomic E-state index is 5.78. The van der Waals surface area contributed by atoms with Crippen LogP contribution in [0.4, 0.5) is 5.69 Å². The molecule has 2 aromatic carbocycles. The van der Waals surface area contributed by atoms with Gasteiger partial charge >= 0.3 is 0 Å². The van der Waals surface area contributed by atoms with Crippen LogP contribution in [0.25, 0.3) is 0 Å². The lowest BCUT2D eigenvalue weighted by Crippen LogP contribution is -2.04. The summed E-state index contributed by atoms with van der Waals surface area (Å²) in [7, 11) is 0. The SMILES string of the molecule is CCCOc1cc(Br)c(CNc2ccc3c(c2)OCO3)cc1OCC. The van der Waals surface area contributed by atoms with E-state index in [0.717, 1.165) is 45.1 Å². The Morgan fingerprint density at radius 1 is 1.04 bits per heavy atom. The normalized spacial score (nSPS) is 12.1. The fraction of sp³-hybridized carbons (Fsp3) is 0.368. The molecular formula is C19H22BrNO4. The van der Waals surface area contributed by atoms with Crippen molar-refractivity contribution in [1.82, 2.24) is 0 Å². The maximum Gasteiger partial charge on any atom is 0.231 e. The molecule has 0 aromatic heterocycles. The second kappa shape index (κ2) is 8.34. The molecule has 0 saturated heterocycles. The highest BCUT2D eigenvalue weighted by Gasteiger charge is 2.14. The van der Waals surface area contributed by atoms with Crippen molar-refractivity contribution in [3.05, 3.63) is 40.4 Å². The number of anilines is 1. The zero-order valence-electron chi connectivity index (χ0n) is 14.4. The molecule has 1 N–H and O–H groups in total. The summed E-state index contributed by atoms with van der Waals surface area (Å²) in [5.41, 5.74) is 2.06. The average molecular weight is 408 g/mol. The molecule has 0 radical (unpaired) electrons. The fourth-order valence-corrected chi connectivity index (χ4v) is 2.97. The summed E-state index contributed by atoms with van der Waals surface area (Å²) < 4.78 is 23.2. The van der Waals surface area contributed by atoms with Gasteiger partial charge in [0.15, 0.2) is 23.0 Å². The summed E-state index contributed by atoms with van der Waals surface area (Å²) in [6.45, 7) is 6.24. The van der Waals surface area contributed by atoms with Gasteiger partial charge in [0, 0.05) is 22.8 Å². The van der Waals surface area contributed by atoms with Crippen LogP contribution in [-0.2, 0) is 6.54 Å². The number of nitrogens with one attached hydrogen (secondary N) is 1. The molecule has 0 aliphatic carbocycles. The zero-order valence-corrected chi connectivity index (χ0v) is 16.0. The summed E-state index contributed by atoms with van der Waals surface area (Å²) in [5.74, 6) is 3.08. The Hall–Kier alpha value is -2.08. The van der Waals surface area contributed by atoms with Crippen LogP contribution in [0.1, 0.15) is 25.8 Å². The van der Waals surface area contributed by atoms with Crippen LogP contribution in [0.3, 0.4) is 0 Å². The second-order valence-electron chi connectivity index (χ2n) is 5.59. The lowest BCUT2D eigenvalue weighted by atomic mass is 10.2. The predicted octanol–water partition coefficient (Wildman–Crippen LogP) is 4.98. The summed E-state index contributed by atoms with van der Waals surface area (Å²) in [5, 5.41) is 3.40. The van der Waals surface area contributed by atoms with Gasteiger partial charge in [-0.15, -0.1) is 0 Å². The molecule has 1 aliphatic heterocycles. The molecule has 2 aromatic rings. The van der Waals surface area contributed by atoms with E-state index in [2.05, 4.69) is 28.2 Å². The van der Waals surface area contributed by atoms with Crippen LogP contribution < -0.4 is 24.3 Å². The number of halogens is 1. The number of hydrogen-bond acceptors (Lipinski definition) is 5. The van der Waals surface area contributed by atoms with Crippen LogP contribution in [0, 0.1) is 0 Å². The highest BCUT2D eigenvalue weighted by Crippen LogP contribution is 2.36. The Balaban J connectivity index is 1.74. The molecule has 6 heteroatoms. The number of ether oxygens (including phenoxy) is 4. The van der Waals surface area contributed by atoms with Gasteiger partial charge in [0.25, 0.3) is 0 Å². The highest BCUT2D eigenvalue weighted by atomic mass is 79.9. The standard InChI is InChI=1S/C19H22BrNO4/c1-3-7-23-19-10-15(20)13(8-17(19)22-4-2)11-21-14-5-6-16-18(9-14)25-12-24-16/h5-6,8-10,21H,3-4,7,11-12H2,1-2H3. The quantitative estimate of drug-likeness (QED) is 0.668. The van der Waals surface area contributed by atoms with E-state index >= 15 is 0 Å². The summed E-state index contributed by atoms with van der Waals surface area (Å²) >= 11 is 3.63. The van der Waals surface area contributed by atoms with E-state index in [4.69, 9.17) is 18.9 Å². The third kappa shape index (κ3) is 4.31. The molecule has 134 valence electrons. The molecular weight excluding hydrogens is 386 g/mol. The first kappa shape index (κ1) is 17.7. The minimum absolute atomic E-state index is 0.279. The van der Waals surface area contributed by atoms with Gasteiger partial charge in [0.1, 0.15) is 0 Å². The second-order valence-corrected chi connectivity index (χ2v) is 6.45. The van der Waals surface area contributed by atoms with Gasteiger partial charge in [-0.2, -0.15) is 0 Å². The summed E-state index contributed by atoms with van der Waals surface area (Å²) in [6, 6.07) is 9.81. The summed E-state index contributed by atoms with van der Waals surface area (Å²) in [6.07, 6.45) is 0.955. The molecule has 0 unspecified atom stereocenters. The van der Waals surface area contributed by atoms with E-state index in [1.807, 2.05) is 37.3 Å². The Morgan fingerprint density at radius 2 is 1.84 bits per heavy atom. The van der Waals surface area contributed by atoms with Crippen molar-refractivity contribution in [3.8, 4) is 23.0 Å². The van der Waals surface area contributed by atoms with Crippen LogP contribution in [0.15, 0.2) is 34.8 Å². The number of fused-ring (bicyclic) bond motifs is 1. The van der Waals surface area contributed by atoms with E-state index in [1.54, 1.807) is 0 Å². The third-order valence-corrected chi connectivity index (χ3v) is 4.47. The molecule has 0 fully saturated rings. The van der Waals surface area contributed by atoms with E-state index in [1.165, 1.54) is 0 Å². The van der Waals surface area contributed by atoms with Crippen molar-refractivity contribution >= 4 is 21.6 Å². The molecule has 0 bridgehead atoms. The van der Waals surface area contributed by atoms with Crippen molar-refractivity contribution < 1.29 is 18.9 Å². The van der Waals surface area contributed by atoms with Crippen LogP contribution in [0.2, 0.25) is 0 Å². The Kier molecular flexibility index (Phi) is 5.91. The van der Waals surface area contributed by atoms with Gasteiger partial charge < -0.3 is 24.3 Å². The van der Waals surface area contributed by atoms with E-state index in [-0.39, 0.29) is 6.79 Å². The van der Waals surface area contributed by atoms with Crippen molar-refractivity contribution in [2.45, 2.75) is 26.8 Å². The lowest BCUT2D eigenvalue weighted by Gasteiger charge is -2.15. The Bertz CT molecular complexity index is 736. The first-order chi connectivity index (χ1) is 12.2. The average Bonchev–Trinajstić information content (AvgIpc) is 3.08. The topological polar surface area (TPSA) is 49.0 Å². The molecule has 0 saturated carbocycles. The Morgan fingerprint density at radius 3 is 2.64 bits per heavy atom. The van der Waals surface area contributed by atoms with Crippen molar-refractivity contribution in [1.29, 1.82) is 0 Å². The third-order valence-electron chi connectivity index (χ3n) is 3.73. The predicted molar refractivity (Wildman–Crippen MR) is 101 cm³/mol. The number of hydrogen-bond donors (Lipinski definition) is 1. The number of benzene rings is 2. The molecule has 0 spiro atoms. The maximum atomic E-state index is 5.78.